The second-order valence-electron chi connectivity index (χ2n) is 2.95. The van der Waals surface area contributed by atoms with E-state index in [1.54, 1.807) is 0 Å². The Labute approximate surface area is 58.6 Å². The van der Waals surface area contributed by atoms with Crippen LogP contribution >= 0.6 is 0 Å². The van der Waals surface area contributed by atoms with Gasteiger partial charge in [-0.25, -0.2) is 0 Å². The van der Waals surface area contributed by atoms with Crippen LogP contribution in [-0.4, -0.2) is 6.04 Å². The van der Waals surface area contributed by atoms with Gasteiger partial charge < -0.3 is 5.73 Å². The van der Waals surface area contributed by atoms with Gasteiger partial charge in [0.25, 0.3) is 0 Å². The van der Waals surface area contributed by atoms with E-state index < -0.39 is 0 Å². The van der Waals surface area contributed by atoms with Crippen LogP contribution in [0.15, 0.2) is 0 Å². The van der Waals surface area contributed by atoms with Crippen molar-refractivity contribution in [2.45, 2.75) is 52.0 Å². The van der Waals surface area contributed by atoms with Crippen molar-refractivity contribution < 1.29 is 5.73 Å². The molecule has 0 unspecified atom stereocenters. The van der Waals surface area contributed by atoms with Gasteiger partial charge in [0.1, 0.15) is 0 Å². The minimum Gasteiger partial charge on any atom is -0.355 e. The van der Waals surface area contributed by atoms with Crippen LogP contribution in [0, 0.1) is 0 Å². The lowest BCUT2D eigenvalue weighted by molar-refractivity contribution is -0.415. The molecule has 0 fully saturated rings. The zero-order valence-electron chi connectivity index (χ0n) is 6.82. The van der Waals surface area contributed by atoms with Crippen molar-refractivity contribution in [2.75, 3.05) is 0 Å². The molecule has 0 saturated heterocycles. The van der Waals surface area contributed by atoms with Gasteiger partial charge in [0.15, 0.2) is 0 Å². The number of rotatable bonds is 5. The van der Waals surface area contributed by atoms with Gasteiger partial charge in [0, 0.05) is 0 Å². The van der Waals surface area contributed by atoms with Crippen molar-refractivity contribution in [3.63, 3.8) is 0 Å². The van der Waals surface area contributed by atoms with Gasteiger partial charge in [-0.15, -0.1) is 0 Å². The minimum absolute atomic E-state index is 0.654. The molecule has 1 heteroatoms. The summed E-state index contributed by atoms with van der Waals surface area (Å²) in [5.41, 5.74) is 3.94. The van der Waals surface area contributed by atoms with E-state index >= 15 is 0 Å². The molecule has 0 aromatic heterocycles. The molecule has 1 nitrogen and oxygen atoms in total. The van der Waals surface area contributed by atoms with Crippen LogP contribution < -0.4 is 5.73 Å². The summed E-state index contributed by atoms with van der Waals surface area (Å²) >= 11 is 0. The maximum Gasteiger partial charge on any atom is 0.0815 e. The molecule has 0 aromatic rings. The highest BCUT2D eigenvalue weighted by molar-refractivity contribution is 4.46. The number of hydrogen-bond acceptors (Lipinski definition) is 0. The van der Waals surface area contributed by atoms with Gasteiger partial charge in [-0.05, 0) is 19.8 Å². The molecule has 0 spiro atoms. The van der Waals surface area contributed by atoms with E-state index in [0.717, 1.165) is 0 Å². The van der Waals surface area contributed by atoms with E-state index in [4.69, 9.17) is 0 Å². The standard InChI is InChI=1S/C8H19N/c1-3-4-5-6-7-8(2)9/h8H,3-7,9H2,1-2H3/p+1/t8-/m0/s1. The van der Waals surface area contributed by atoms with Gasteiger partial charge in [-0.1, -0.05) is 26.2 Å². The Morgan fingerprint density at radius 1 is 1.22 bits per heavy atom. The molecule has 0 aliphatic rings. The Kier molecular flexibility index (Phi) is 6.06. The van der Waals surface area contributed by atoms with Gasteiger partial charge in [0.2, 0.25) is 0 Å². The Hall–Kier alpha value is -0.0400. The van der Waals surface area contributed by atoms with E-state index in [9.17, 15) is 0 Å². The van der Waals surface area contributed by atoms with Crippen LogP contribution in [0.3, 0.4) is 0 Å². The Morgan fingerprint density at radius 3 is 2.33 bits per heavy atom. The van der Waals surface area contributed by atoms with Gasteiger partial charge >= 0.3 is 0 Å². The summed E-state index contributed by atoms with van der Waals surface area (Å²) in [6.07, 6.45) is 6.81. The fraction of sp³-hybridized carbons (Fsp3) is 1.00. The number of quaternary nitrogens is 1. The largest absolute Gasteiger partial charge is 0.355 e. The monoisotopic (exact) mass is 130 g/mol. The summed E-state index contributed by atoms with van der Waals surface area (Å²) in [5, 5.41) is 0. The molecule has 1 atom stereocenters. The molecule has 0 heterocycles. The molecule has 0 aliphatic heterocycles. The predicted molar refractivity (Wildman–Crippen MR) is 41.1 cm³/mol. The fourth-order valence-electron chi connectivity index (χ4n) is 0.920. The highest BCUT2D eigenvalue weighted by Crippen LogP contribution is 2.02. The average Bonchev–Trinajstić information content (AvgIpc) is 1.80. The molecule has 0 aromatic carbocycles. The molecular weight excluding hydrogens is 110 g/mol. The maximum atomic E-state index is 3.94. The quantitative estimate of drug-likeness (QED) is 0.547. The third kappa shape index (κ3) is 7.96. The Bertz CT molecular complexity index is 50.5. The molecule has 0 saturated carbocycles. The van der Waals surface area contributed by atoms with Crippen LogP contribution in [0.2, 0.25) is 0 Å². The minimum atomic E-state index is 0.654. The van der Waals surface area contributed by atoms with Crippen molar-refractivity contribution >= 4 is 0 Å². The number of hydrogen-bond donors (Lipinski definition) is 1. The third-order valence-corrected chi connectivity index (χ3v) is 1.55. The molecule has 0 amide bonds. The molecule has 56 valence electrons. The molecule has 0 aliphatic carbocycles. The van der Waals surface area contributed by atoms with Crippen LogP contribution in [0.1, 0.15) is 46.0 Å². The molecule has 0 radical (unpaired) electrons. The summed E-state index contributed by atoms with van der Waals surface area (Å²) in [5.74, 6) is 0. The zero-order valence-corrected chi connectivity index (χ0v) is 6.82. The van der Waals surface area contributed by atoms with Gasteiger partial charge in [-0.2, -0.15) is 0 Å². The fourth-order valence-corrected chi connectivity index (χ4v) is 0.920. The third-order valence-electron chi connectivity index (χ3n) is 1.55. The highest BCUT2D eigenvalue weighted by atomic mass is 14.6. The topological polar surface area (TPSA) is 27.6 Å². The smallest absolute Gasteiger partial charge is 0.0815 e. The SMILES string of the molecule is CCCCCC[C@H](C)[NH3+]. The van der Waals surface area contributed by atoms with E-state index in [1.165, 1.54) is 32.1 Å². The summed E-state index contributed by atoms with van der Waals surface area (Å²) < 4.78 is 0. The first-order chi connectivity index (χ1) is 4.27. The molecular formula is C8H20N+. The summed E-state index contributed by atoms with van der Waals surface area (Å²) in [7, 11) is 0. The van der Waals surface area contributed by atoms with Gasteiger partial charge in [-0.3, -0.25) is 0 Å². The summed E-state index contributed by atoms with van der Waals surface area (Å²) in [6.45, 7) is 4.43. The molecule has 9 heavy (non-hydrogen) atoms. The predicted octanol–water partition coefficient (Wildman–Crippen LogP) is 1.59. The van der Waals surface area contributed by atoms with Crippen molar-refractivity contribution in [1.29, 1.82) is 0 Å². The van der Waals surface area contributed by atoms with Gasteiger partial charge in [0.05, 0.1) is 6.04 Å². The van der Waals surface area contributed by atoms with E-state index in [0.29, 0.717) is 6.04 Å². The van der Waals surface area contributed by atoms with E-state index in [2.05, 4.69) is 19.6 Å². The zero-order chi connectivity index (χ0) is 7.11. The summed E-state index contributed by atoms with van der Waals surface area (Å²) in [6, 6.07) is 0.654. The van der Waals surface area contributed by atoms with E-state index in [1.807, 2.05) is 0 Å². The molecule has 0 rings (SSSR count). The first kappa shape index (κ1) is 8.96. The van der Waals surface area contributed by atoms with Crippen molar-refractivity contribution in [3.05, 3.63) is 0 Å². The first-order valence-corrected chi connectivity index (χ1v) is 4.10. The van der Waals surface area contributed by atoms with Crippen molar-refractivity contribution in [2.24, 2.45) is 0 Å². The average molecular weight is 130 g/mol. The van der Waals surface area contributed by atoms with Crippen molar-refractivity contribution in [1.82, 2.24) is 0 Å². The normalized spacial score (nSPS) is 13.7. The van der Waals surface area contributed by atoms with Crippen LogP contribution in [-0.2, 0) is 0 Å². The number of unbranched alkanes of at least 4 members (excludes halogenated alkanes) is 3. The highest BCUT2D eigenvalue weighted by Gasteiger charge is 1.95. The second-order valence-corrected chi connectivity index (χ2v) is 2.95. The Balaban J connectivity index is 2.75. The lowest BCUT2D eigenvalue weighted by atomic mass is 10.1. The summed E-state index contributed by atoms with van der Waals surface area (Å²) in [4.78, 5) is 0. The first-order valence-electron chi connectivity index (χ1n) is 4.10. The van der Waals surface area contributed by atoms with Crippen LogP contribution in [0.5, 0.6) is 0 Å². The van der Waals surface area contributed by atoms with Crippen LogP contribution in [0.4, 0.5) is 0 Å². The second kappa shape index (κ2) is 6.09. The molecule has 3 N–H and O–H groups in total. The van der Waals surface area contributed by atoms with E-state index in [-0.39, 0.29) is 0 Å². The van der Waals surface area contributed by atoms with Crippen molar-refractivity contribution in [3.8, 4) is 0 Å². The lowest BCUT2D eigenvalue weighted by Crippen LogP contribution is -2.58. The molecule has 0 bridgehead atoms. The maximum absolute atomic E-state index is 3.94. The Morgan fingerprint density at radius 2 is 1.89 bits per heavy atom. The lowest BCUT2D eigenvalue weighted by Gasteiger charge is -1.99. The van der Waals surface area contributed by atoms with Crippen LogP contribution in [0.25, 0.3) is 0 Å².